The maximum Gasteiger partial charge on any atom is 0.244 e. The number of benzene rings is 1. The van der Waals surface area contributed by atoms with E-state index in [0.717, 1.165) is 0 Å². The Kier molecular flexibility index (Phi) is 5.82. The van der Waals surface area contributed by atoms with Gasteiger partial charge in [-0.15, -0.1) is 0 Å². The summed E-state index contributed by atoms with van der Waals surface area (Å²) in [6.07, 6.45) is 2.81. The third kappa shape index (κ3) is 5.20. The maximum absolute atomic E-state index is 11.5. The first-order chi connectivity index (χ1) is 8.85. The van der Waals surface area contributed by atoms with Crippen LogP contribution in [0.15, 0.2) is 24.3 Å². The lowest BCUT2D eigenvalue weighted by molar-refractivity contribution is -0.117. The molecule has 1 unspecified atom stereocenters. The van der Waals surface area contributed by atoms with Crippen molar-refractivity contribution in [3.8, 4) is 0 Å². The van der Waals surface area contributed by atoms with Crippen LogP contribution in [0.1, 0.15) is 12.5 Å². The van der Waals surface area contributed by atoms with Crippen LogP contribution in [-0.4, -0.2) is 34.9 Å². The van der Waals surface area contributed by atoms with Crippen molar-refractivity contribution in [3.05, 3.63) is 39.9 Å². The number of nitrogens with one attached hydrogen (secondary N) is 1. The SMILES string of the molecule is CC(O)(CO)CNC(=O)C=Cc1cccc(Cl)c1Cl. The Morgan fingerprint density at radius 1 is 1.47 bits per heavy atom. The third-order valence-electron chi connectivity index (χ3n) is 2.38. The van der Waals surface area contributed by atoms with Gasteiger partial charge in [-0.25, -0.2) is 0 Å². The Morgan fingerprint density at radius 3 is 2.79 bits per heavy atom. The van der Waals surface area contributed by atoms with Gasteiger partial charge in [0.25, 0.3) is 0 Å². The number of aliphatic hydroxyl groups excluding tert-OH is 1. The fourth-order valence-electron chi connectivity index (χ4n) is 1.21. The molecule has 0 fully saturated rings. The molecule has 19 heavy (non-hydrogen) atoms. The Bertz CT molecular complexity index is 487. The predicted octanol–water partition coefficient (Wildman–Crippen LogP) is 1.87. The van der Waals surface area contributed by atoms with E-state index in [-0.39, 0.29) is 6.54 Å². The van der Waals surface area contributed by atoms with Crippen molar-refractivity contribution < 1.29 is 15.0 Å². The highest BCUT2D eigenvalue weighted by molar-refractivity contribution is 6.42. The van der Waals surface area contributed by atoms with Crippen LogP contribution in [0.25, 0.3) is 6.08 Å². The van der Waals surface area contributed by atoms with E-state index in [1.807, 2.05) is 0 Å². The van der Waals surface area contributed by atoms with Crippen LogP contribution in [0, 0.1) is 0 Å². The fraction of sp³-hybridized carbons (Fsp3) is 0.308. The number of rotatable bonds is 5. The number of halogens is 2. The molecule has 0 aliphatic heterocycles. The highest BCUT2D eigenvalue weighted by atomic mass is 35.5. The second kappa shape index (κ2) is 6.91. The minimum atomic E-state index is -1.34. The van der Waals surface area contributed by atoms with Crippen LogP contribution in [0.3, 0.4) is 0 Å². The number of hydrogen-bond acceptors (Lipinski definition) is 3. The molecule has 3 N–H and O–H groups in total. The topological polar surface area (TPSA) is 69.6 Å². The van der Waals surface area contributed by atoms with E-state index in [1.54, 1.807) is 18.2 Å². The van der Waals surface area contributed by atoms with Crippen molar-refractivity contribution in [3.63, 3.8) is 0 Å². The van der Waals surface area contributed by atoms with Gasteiger partial charge in [0, 0.05) is 12.6 Å². The van der Waals surface area contributed by atoms with Crippen molar-refractivity contribution >= 4 is 35.2 Å². The Labute approximate surface area is 121 Å². The summed E-state index contributed by atoms with van der Waals surface area (Å²) in [6.45, 7) is 0.942. The number of carbonyl (C=O) groups excluding carboxylic acids is 1. The molecule has 0 spiro atoms. The summed E-state index contributed by atoms with van der Waals surface area (Å²) in [4.78, 5) is 11.5. The second-order valence-electron chi connectivity index (χ2n) is 4.35. The number of carbonyl (C=O) groups is 1. The Morgan fingerprint density at radius 2 is 2.16 bits per heavy atom. The van der Waals surface area contributed by atoms with Crippen LogP contribution in [0.5, 0.6) is 0 Å². The van der Waals surface area contributed by atoms with E-state index < -0.39 is 18.1 Å². The van der Waals surface area contributed by atoms with Crippen LogP contribution in [0.2, 0.25) is 10.0 Å². The van der Waals surface area contributed by atoms with Crippen LogP contribution in [0.4, 0.5) is 0 Å². The van der Waals surface area contributed by atoms with E-state index in [1.165, 1.54) is 19.1 Å². The standard InChI is InChI=1S/C13H15Cl2NO3/c1-13(19,8-17)7-16-11(18)6-5-9-3-2-4-10(14)12(9)15/h2-6,17,19H,7-8H2,1H3,(H,16,18). The van der Waals surface area contributed by atoms with Crippen molar-refractivity contribution in [2.75, 3.05) is 13.2 Å². The summed E-state index contributed by atoms with van der Waals surface area (Å²) < 4.78 is 0. The van der Waals surface area contributed by atoms with Crippen LogP contribution >= 0.6 is 23.2 Å². The average Bonchev–Trinajstić information content (AvgIpc) is 2.38. The molecule has 0 aliphatic rings. The van der Waals surface area contributed by atoms with E-state index in [2.05, 4.69) is 5.32 Å². The van der Waals surface area contributed by atoms with E-state index in [4.69, 9.17) is 28.3 Å². The minimum absolute atomic E-state index is 0.0457. The molecular weight excluding hydrogens is 289 g/mol. The number of amides is 1. The van der Waals surface area contributed by atoms with Crippen molar-refractivity contribution in [2.45, 2.75) is 12.5 Å². The van der Waals surface area contributed by atoms with Gasteiger partial charge in [-0.1, -0.05) is 35.3 Å². The Balaban J connectivity index is 2.62. The molecule has 104 valence electrons. The lowest BCUT2D eigenvalue weighted by Gasteiger charge is -2.19. The summed E-state index contributed by atoms with van der Waals surface area (Å²) in [5.41, 5.74) is -0.713. The van der Waals surface area contributed by atoms with Gasteiger partial charge in [0.1, 0.15) is 5.60 Å². The summed E-state index contributed by atoms with van der Waals surface area (Å²) >= 11 is 11.8. The van der Waals surface area contributed by atoms with Crippen LogP contribution < -0.4 is 5.32 Å². The average molecular weight is 304 g/mol. The first-order valence-electron chi connectivity index (χ1n) is 5.59. The zero-order valence-corrected chi connectivity index (χ0v) is 11.9. The number of aliphatic hydroxyl groups is 2. The molecule has 6 heteroatoms. The summed E-state index contributed by atoms with van der Waals surface area (Å²) in [5.74, 6) is -0.398. The molecule has 0 saturated carbocycles. The predicted molar refractivity (Wildman–Crippen MR) is 76.2 cm³/mol. The second-order valence-corrected chi connectivity index (χ2v) is 5.13. The molecule has 0 aromatic heterocycles. The zero-order chi connectivity index (χ0) is 14.5. The Hall–Kier alpha value is -1.07. The molecule has 1 atom stereocenters. The highest BCUT2D eigenvalue weighted by Crippen LogP contribution is 2.26. The lowest BCUT2D eigenvalue weighted by Crippen LogP contribution is -2.42. The van der Waals surface area contributed by atoms with E-state index in [0.29, 0.717) is 15.6 Å². The minimum Gasteiger partial charge on any atom is -0.393 e. The van der Waals surface area contributed by atoms with Gasteiger partial charge >= 0.3 is 0 Å². The molecule has 0 saturated heterocycles. The molecule has 1 aromatic carbocycles. The quantitative estimate of drug-likeness (QED) is 0.727. The van der Waals surface area contributed by atoms with Crippen LogP contribution in [-0.2, 0) is 4.79 Å². The normalized spacial score (nSPS) is 14.4. The molecule has 1 aromatic rings. The van der Waals surface area contributed by atoms with E-state index in [9.17, 15) is 9.90 Å². The molecule has 0 heterocycles. The zero-order valence-electron chi connectivity index (χ0n) is 10.4. The molecule has 1 rings (SSSR count). The monoisotopic (exact) mass is 303 g/mol. The first-order valence-corrected chi connectivity index (χ1v) is 6.34. The number of hydrogen-bond donors (Lipinski definition) is 3. The molecule has 0 bridgehead atoms. The summed E-state index contributed by atoms with van der Waals surface area (Å²) in [6, 6.07) is 5.10. The van der Waals surface area contributed by atoms with E-state index >= 15 is 0 Å². The molecule has 1 amide bonds. The summed E-state index contributed by atoms with van der Waals surface area (Å²) in [7, 11) is 0. The molecule has 0 aliphatic carbocycles. The van der Waals surface area contributed by atoms with Gasteiger partial charge in [-0.05, 0) is 24.6 Å². The summed E-state index contributed by atoms with van der Waals surface area (Å²) in [5, 5.41) is 21.6. The molecule has 4 nitrogen and oxygen atoms in total. The fourth-order valence-corrected chi connectivity index (χ4v) is 1.58. The third-order valence-corrected chi connectivity index (χ3v) is 3.21. The lowest BCUT2D eigenvalue weighted by atomic mass is 10.1. The van der Waals surface area contributed by atoms with Gasteiger partial charge in [-0.3, -0.25) is 4.79 Å². The van der Waals surface area contributed by atoms with Crippen molar-refractivity contribution in [1.29, 1.82) is 0 Å². The largest absolute Gasteiger partial charge is 0.393 e. The van der Waals surface area contributed by atoms with Gasteiger partial charge in [0.15, 0.2) is 0 Å². The van der Waals surface area contributed by atoms with Gasteiger partial charge in [-0.2, -0.15) is 0 Å². The van der Waals surface area contributed by atoms with Gasteiger partial charge < -0.3 is 15.5 Å². The molecule has 0 radical (unpaired) electrons. The first kappa shape index (κ1) is 16.0. The van der Waals surface area contributed by atoms with Gasteiger partial charge in [0.05, 0.1) is 16.7 Å². The van der Waals surface area contributed by atoms with Crippen molar-refractivity contribution in [1.82, 2.24) is 5.32 Å². The maximum atomic E-state index is 11.5. The highest BCUT2D eigenvalue weighted by Gasteiger charge is 2.18. The molecular formula is C13H15Cl2NO3. The smallest absolute Gasteiger partial charge is 0.244 e. The van der Waals surface area contributed by atoms with Gasteiger partial charge in [0.2, 0.25) is 5.91 Å². The van der Waals surface area contributed by atoms with Crippen molar-refractivity contribution in [2.24, 2.45) is 0 Å².